The van der Waals surface area contributed by atoms with Crippen molar-refractivity contribution in [2.45, 2.75) is 13.3 Å². The Bertz CT molecular complexity index is 109. The summed E-state index contributed by atoms with van der Waals surface area (Å²) < 4.78 is 0.775. The lowest BCUT2D eigenvalue weighted by atomic mass is 10.4. The maximum Gasteiger partial charge on any atom is 0.135 e. The van der Waals surface area contributed by atoms with E-state index >= 15 is 0 Å². The predicted octanol–water partition coefficient (Wildman–Crippen LogP) is 1.66. The molecule has 0 rings (SSSR count). The lowest BCUT2D eigenvalue weighted by Crippen LogP contribution is -1.95. The fourth-order valence-corrected chi connectivity index (χ4v) is 0.826. The molecule has 0 bridgehead atoms. The average Bonchev–Trinajstić information content (AvgIpc) is 1.65. The van der Waals surface area contributed by atoms with Gasteiger partial charge in [-0.2, -0.15) is 0 Å². The lowest BCUT2D eigenvalue weighted by Gasteiger charge is -1.90. The van der Waals surface area contributed by atoms with Crippen LogP contribution < -0.4 is 0 Å². The van der Waals surface area contributed by atoms with Gasteiger partial charge in [0.05, 0.1) is 4.20 Å². The summed E-state index contributed by atoms with van der Waals surface area (Å²) in [5.74, 6) is 0.143. The maximum atomic E-state index is 10.3. The van der Waals surface area contributed by atoms with Crippen LogP contribution in [0.3, 0.4) is 0 Å². The Morgan fingerprint density at radius 1 is 1.75 bits per heavy atom. The van der Waals surface area contributed by atoms with Gasteiger partial charge in [-0.3, -0.25) is 4.79 Å². The van der Waals surface area contributed by atoms with E-state index < -0.39 is 0 Å². The van der Waals surface area contributed by atoms with Crippen LogP contribution in [0.15, 0.2) is 0 Å². The molecule has 0 aromatic carbocycles. The zero-order chi connectivity index (χ0) is 6.57. The largest absolute Gasteiger partial charge is 0.300 e. The number of rotatable bonds is 2. The SMILES string of the molecule is CSC(=S)CC(C)=O. The molecular weight excluding hydrogens is 140 g/mol. The number of Topliss-reactive ketones (excluding diaryl/α,β-unsaturated/α-hetero) is 1. The first-order valence-corrected chi connectivity index (χ1v) is 3.86. The zero-order valence-corrected chi connectivity index (χ0v) is 6.56. The summed E-state index contributed by atoms with van der Waals surface area (Å²) in [6.45, 7) is 1.54. The average molecular weight is 148 g/mol. The Labute approximate surface area is 58.8 Å². The number of thioether (sulfide) groups is 1. The predicted molar refractivity (Wildman–Crippen MR) is 41.4 cm³/mol. The molecule has 0 aliphatic heterocycles. The summed E-state index contributed by atoms with van der Waals surface area (Å²) in [5.41, 5.74) is 0. The highest BCUT2D eigenvalue weighted by Crippen LogP contribution is 2.01. The van der Waals surface area contributed by atoms with Gasteiger partial charge >= 0.3 is 0 Å². The first-order chi connectivity index (χ1) is 3.66. The van der Waals surface area contributed by atoms with Crippen LogP contribution in [0.2, 0.25) is 0 Å². The highest BCUT2D eigenvalue weighted by molar-refractivity contribution is 8.22. The Balaban J connectivity index is 3.40. The van der Waals surface area contributed by atoms with Crippen molar-refractivity contribution in [3.8, 4) is 0 Å². The monoisotopic (exact) mass is 148 g/mol. The van der Waals surface area contributed by atoms with Crippen LogP contribution in [0.5, 0.6) is 0 Å². The van der Waals surface area contributed by atoms with E-state index in [1.54, 1.807) is 6.92 Å². The van der Waals surface area contributed by atoms with E-state index in [9.17, 15) is 4.79 Å². The van der Waals surface area contributed by atoms with Crippen molar-refractivity contribution in [1.82, 2.24) is 0 Å². The standard InChI is InChI=1S/C5H8OS2/c1-4(6)3-5(7)8-2/h3H2,1-2H3. The van der Waals surface area contributed by atoms with Gasteiger partial charge in [0, 0.05) is 6.42 Å². The molecule has 0 aliphatic rings. The number of carbonyl (C=O) groups excluding carboxylic acids is 1. The van der Waals surface area contributed by atoms with Crippen molar-refractivity contribution in [1.29, 1.82) is 0 Å². The van der Waals surface area contributed by atoms with E-state index in [0.717, 1.165) is 4.20 Å². The van der Waals surface area contributed by atoms with Crippen LogP contribution >= 0.6 is 24.0 Å². The van der Waals surface area contributed by atoms with Gasteiger partial charge in [0.2, 0.25) is 0 Å². The Morgan fingerprint density at radius 3 is 2.38 bits per heavy atom. The van der Waals surface area contributed by atoms with Crippen LogP contribution in [0.25, 0.3) is 0 Å². The number of hydrogen-bond acceptors (Lipinski definition) is 3. The van der Waals surface area contributed by atoms with Crippen molar-refractivity contribution in [2.75, 3.05) is 6.26 Å². The first-order valence-electron chi connectivity index (χ1n) is 2.23. The number of carbonyl (C=O) groups is 1. The fourth-order valence-electron chi connectivity index (χ4n) is 0.275. The molecule has 3 heteroatoms. The molecule has 0 aromatic rings. The maximum absolute atomic E-state index is 10.3. The van der Waals surface area contributed by atoms with Gasteiger partial charge in [-0.25, -0.2) is 0 Å². The molecule has 0 unspecified atom stereocenters. The van der Waals surface area contributed by atoms with Crippen molar-refractivity contribution in [3.05, 3.63) is 0 Å². The van der Waals surface area contributed by atoms with Crippen LogP contribution in [-0.4, -0.2) is 16.2 Å². The van der Waals surface area contributed by atoms with Crippen LogP contribution in [0, 0.1) is 0 Å². The summed E-state index contributed by atoms with van der Waals surface area (Å²) in [7, 11) is 0. The Kier molecular flexibility index (Phi) is 4.09. The van der Waals surface area contributed by atoms with Gasteiger partial charge in [-0.15, -0.1) is 11.8 Å². The molecule has 1 nitrogen and oxygen atoms in total. The third kappa shape index (κ3) is 4.27. The van der Waals surface area contributed by atoms with Crippen molar-refractivity contribution in [3.63, 3.8) is 0 Å². The van der Waals surface area contributed by atoms with E-state index in [4.69, 9.17) is 12.2 Å². The Morgan fingerprint density at radius 2 is 2.25 bits per heavy atom. The van der Waals surface area contributed by atoms with Crippen LogP contribution in [-0.2, 0) is 4.79 Å². The van der Waals surface area contributed by atoms with Gasteiger partial charge in [-0.1, -0.05) is 12.2 Å². The van der Waals surface area contributed by atoms with Crippen molar-refractivity contribution < 1.29 is 4.79 Å². The summed E-state index contributed by atoms with van der Waals surface area (Å²) in [6, 6.07) is 0. The van der Waals surface area contributed by atoms with Crippen LogP contribution in [0.4, 0.5) is 0 Å². The van der Waals surface area contributed by atoms with E-state index in [2.05, 4.69) is 0 Å². The molecule has 0 saturated heterocycles. The molecule has 46 valence electrons. The molecule has 0 radical (unpaired) electrons. The summed E-state index contributed by atoms with van der Waals surface area (Å²) in [6.07, 6.45) is 2.32. The molecule has 0 amide bonds. The summed E-state index contributed by atoms with van der Waals surface area (Å²) >= 11 is 6.24. The second-order valence-electron chi connectivity index (χ2n) is 1.45. The van der Waals surface area contributed by atoms with E-state index in [1.807, 2.05) is 6.26 Å². The van der Waals surface area contributed by atoms with E-state index in [0.29, 0.717) is 6.42 Å². The molecule has 0 heterocycles. The summed E-state index contributed by atoms with van der Waals surface area (Å²) in [5, 5.41) is 0. The third-order valence-electron chi connectivity index (χ3n) is 0.621. The quantitative estimate of drug-likeness (QED) is 0.554. The topological polar surface area (TPSA) is 17.1 Å². The first kappa shape index (κ1) is 8.11. The Hall–Kier alpha value is 0.110. The minimum atomic E-state index is 0.143. The number of ketones is 1. The molecular formula is C5H8OS2. The fraction of sp³-hybridized carbons (Fsp3) is 0.600. The van der Waals surface area contributed by atoms with E-state index in [-0.39, 0.29) is 5.78 Å². The minimum Gasteiger partial charge on any atom is -0.300 e. The van der Waals surface area contributed by atoms with Gasteiger partial charge in [0.15, 0.2) is 0 Å². The zero-order valence-electron chi connectivity index (χ0n) is 4.93. The number of hydrogen-bond donors (Lipinski definition) is 0. The van der Waals surface area contributed by atoms with Crippen molar-refractivity contribution in [2.24, 2.45) is 0 Å². The van der Waals surface area contributed by atoms with Gasteiger partial charge in [0.1, 0.15) is 5.78 Å². The molecule has 0 aliphatic carbocycles. The third-order valence-corrected chi connectivity index (χ3v) is 1.86. The normalized spacial score (nSPS) is 8.75. The van der Waals surface area contributed by atoms with E-state index in [1.165, 1.54) is 11.8 Å². The second-order valence-corrected chi connectivity index (χ2v) is 3.11. The summed E-state index contributed by atoms with van der Waals surface area (Å²) in [4.78, 5) is 10.3. The van der Waals surface area contributed by atoms with Gasteiger partial charge in [0.25, 0.3) is 0 Å². The highest BCUT2D eigenvalue weighted by Gasteiger charge is 1.96. The highest BCUT2D eigenvalue weighted by atomic mass is 32.2. The molecule has 0 N–H and O–H groups in total. The number of thiocarbonyl (C=S) groups is 1. The van der Waals surface area contributed by atoms with Crippen molar-refractivity contribution >= 4 is 34.0 Å². The second kappa shape index (κ2) is 4.04. The van der Waals surface area contributed by atoms with Crippen LogP contribution in [0.1, 0.15) is 13.3 Å². The lowest BCUT2D eigenvalue weighted by molar-refractivity contribution is -0.115. The molecule has 0 fully saturated rings. The van der Waals surface area contributed by atoms with Gasteiger partial charge < -0.3 is 0 Å². The molecule has 0 spiro atoms. The molecule has 8 heavy (non-hydrogen) atoms. The smallest absolute Gasteiger partial charge is 0.135 e. The molecule has 0 saturated carbocycles. The minimum absolute atomic E-state index is 0.143. The molecule has 0 atom stereocenters. The van der Waals surface area contributed by atoms with Gasteiger partial charge in [-0.05, 0) is 13.2 Å². The molecule has 0 aromatic heterocycles.